The Bertz CT molecular complexity index is 359. The lowest BCUT2D eigenvalue weighted by Gasteiger charge is -2.23. The first kappa shape index (κ1) is 13.1. The molecule has 0 saturated heterocycles. The number of amides is 1. The molecule has 0 fully saturated rings. The maximum atomic E-state index is 11.9. The third kappa shape index (κ3) is 2.76. The molecular formula is C10H18N4OS. The van der Waals surface area contributed by atoms with Crippen LogP contribution in [0.5, 0.6) is 0 Å². The predicted octanol–water partition coefficient (Wildman–Crippen LogP) is 1.41. The van der Waals surface area contributed by atoms with Crippen LogP contribution in [0.2, 0.25) is 0 Å². The maximum Gasteiger partial charge on any atom is 0.233 e. The van der Waals surface area contributed by atoms with E-state index in [0.717, 1.165) is 11.4 Å². The number of aryl methyl sites for hydroxylation is 1. The van der Waals surface area contributed by atoms with Crippen LogP contribution in [0.4, 0.5) is 5.13 Å². The van der Waals surface area contributed by atoms with Crippen molar-refractivity contribution in [2.75, 3.05) is 11.9 Å². The van der Waals surface area contributed by atoms with Gasteiger partial charge in [0.15, 0.2) is 0 Å². The number of anilines is 1. The summed E-state index contributed by atoms with van der Waals surface area (Å²) in [6.45, 7) is 6.13. The molecule has 0 aromatic carbocycles. The van der Waals surface area contributed by atoms with Gasteiger partial charge in [0.05, 0.1) is 5.41 Å². The number of carbonyl (C=O) groups is 1. The molecule has 5 nitrogen and oxygen atoms in total. The van der Waals surface area contributed by atoms with Gasteiger partial charge in [-0.15, -0.1) is 10.2 Å². The van der Waals surface area contributed by atoms with Crippen molar-refractivity contribution in [3.63, 3.8) is 0 Å². The molecule has 3 N–H and O–H groups in total. The van der Waals surface area contributed by atoms with E-state index in [1.54, 1.807) is 0 Å². The van der Waals surface area contributed by atoms with E-state index in [-0.39, 0.29) is 5.91 Å². The van der Waals surface area contributed by atoms with Crippen LogP contribution < -0.4 is 11.1 Å². The van der Waals surface area contributed by atoms with E-state index in [1.807, 2.05) is 20.8 Å². The van der Waals surface area contributed by atoms with Crippen molar-refractivity contribution < 1.29 is 4.79 Å². The normalized spacial score (nSPS) is 14.5. The molecule has 0 bridgehead atoms. The Labute approximate surface area is 99.5 Å². The molecule has 1 rings (SSSR count). The topological polar surface area (TPSA) is 80.9 Å². The van der Waals surface area contributed by atoms with Crippen LogP contribution in [-0.2, 0) is 11.2 Å². The van der Waals surface area contributed by atoms with Gasteiger partial charge in [0.2, 0.25) is 11.0 Å². The van der Waals surface area contributed by atoms with Crippen molar-refractivity contribution in [2.24, 2.45) is 11.1 Å². The molecule has 0 spiro atoms. The van der Waals surface area contributed by atoms with Crippen molar-refractivity contribution in [1.29, 1.82) is 0 Å². The third-order valence-corrected chi connectivity index (χ3v) is 3.75. The lowest BCUT2D eigenvalue weighted by atomic mass is 9.87. The van der Waals surface area contributed by atoms with Gasteiger partial charge in [-0.2, -0.15) is 0 Å². The Balaban J connectivity index is 2.70. The maximum absolute atomic E-state index is 11.9. The summed E-state index contributed by atoms with van der Waals surface area (Å²) in [5.41, 5.74) is 5.08. The van der Waals surface area contributed by atoms with Gasteiger partial charge in [-0.3, -0.25) is 4.79 Å². The number of hydrogen-bond donors (Lipinski definition) is 2. The minimum absolute atomic E-state index is 0.0868. The zero-order valence-corrected chi connectivity index (χ0v) is 10.7. The summed E-state index contributed by atoms with van der Waals surface area (Å²) >= 11 is 1.40. The van der Waals surface area contributed by atoms with Crippen molar-refractivity contribution in [1.82, 2.24) is 10.2 Å². The first-order chi connectivity index (χ1) is 7.55. The van der Waals surface area contributed by atoms with E-state index in [9.17, 15) is 4.79 Å². The quantitative estimate of drug-likeness (QED) is 0.818. The molecular weight excluding hydrogens is 224 g/mol. The van der Waals surface area contributed by atoms with Gasteiger partial charge in [-0.05, 0) is 19.8 Å². The van der Waals surface area contributed by atoms with Gasteiger partial charge >= 0.3 is 0 Å². The van der Waals surface area contributed by atoms with Crippen LogP contribution in [0.15, 0.2) is 0 Å². The van der Waals surface area contributed by atoms with Gasteiger partial charge in [-0.25, -0.2) is 0 Å². The number of rotatable bonds is 5. The zero-order valence-electron chi connectivity index (χ0n) is 9.91. The number of aromatic nitrogens is 2. The zero-order chi connectivity index (χ0) is 12.2. The highest BCUT2D eigenvalue weighted by Gasteiger charge is 2.30. The number of nitrogens with zero attached hydrogens (tertiary/aromatic N) is 2. The summed E-state index contributed by atoms with van der Waals surface area (Å²) in [6, 6.07) is 0. The Kier molecular flexibility index (Phi) is 4.37. The summed E-state index contributed by atoms with van der Waals surface area (Å²) in [6.07, 6.45) is 1.53. The highest BCUT2D eigenvalue weighted by atomic mass is 32.1. The van der Waals surface area contributed by atoms with Gasteiger partial charge < -0.3 is 11.1 Å². The molecule has 1 aromatic rings. The van der Waals surface area contributed by atoms with Crippen molar-refractivity contribution in [3.05, 3.63) is 5.01 Å². The lowest BCUT2D eigenvalue weighted by Crippen LogP contribution is -2.39. The highest BCUT2D eigenvalue weighted by molar-refractivity contribution is 7.15. The van der Waals surface area contributed by atoms with Crippen molar-refractivity contribution in [2.45, 2.75) is 33.6 Å². The van der Waals surface area contributed by atoms with Crippen molar-refractivity contribution in [3.8, 4) is 0 Å². The summed E-state index contributed by atoms with van der Waals surface area (Å²) in [4.78, 5) is 11.9. The smallest absolute Gasteiger partial charge is 0.233 e. The molecule has 0 aliphatic rings. The molecule has 0 aliphatic carbocycles. The fourth-order valence-electron chi connectivity index (χ4n) is 1.09. The van der Waals surface area contributed by atoms with E-state index in [1.165, 1.54) is 11.3 Å². The molecule has 1 atom stereocenters. The van der Waals surface area contributed by atoms with E-state index in [4.69, 9.17) is 5.73 Å². The molecule has 1 unspecified atom stereocenters. The van der Waals surface area contributed by atoms with Crippen LogP contribution in [0.25, 0.3) is 0 Å². The monoisotopic (exact) mass is 242 g/mol. The second-order valence-corrected chi connectivity index (χ2v) is 4.99. The first-order valence-corrected chi connectivity index (χ1v) is 6.21. The van der Waals surface area contributed by atoms with E-state index in [2.05, 4.69) is 15.5 Å². The number of hydrogen-bond acceptors (Lipinski definition) is 5. The summed E-state index contributed by atoms with van der Waals surface area (Å²) in [5, 5.41) is 12.1. The van der Waals surface area contributed by atoms with E-state index in [0.29, 0.717) is 18.1 Å². The standard InChI is InChI=1S/C10H18N4OS/c1-4-7-13-14-9(16-7)12-8(15)10(3,5-2)6-11/h4-6,11H2,1-3H3,(H,12,14,15). The third-order valence-electron chi connectivity index (χ3n) is 2.77. The Morgan fingerprint density at radius 3 is 2.62 bits per heavy atom. The number of nitrogens with one attached hydrogen (secondary N) is 1. The first-order valence-electron chi connectivity index (χ1n) is 5.39. The minimum atomic E-state index is -0.530. The van der Waals surface area contributed by atoms with E-state index < -0.39 is 5.41 Å². The second-order valence-electron chi connectivity index (χ2n) is 3.93. The van der Waals surface area contributed by atoms with Gasteiger partial charge in [0, 0.05) is 6.54 Å². The minimum Gasteiger partial charge on any atom is -0.329 e. The van der Waals surface area contributed by atoms with Crippen LogP contribution in [-0.4, -0.2) is 22.6 Å². The predicted molar refractivity (Wildman–Crippen MR) is 65.4 cm³/mol. The van der Waals surface area contributed by atoms with Crippen LogP contribution in [0, 0.1) is 5.41 Å². The van der Waals surface area contributed by atoms with Gasteiger partial charge in [0.25, 0.3) is 0 Å². The molecule has 6 heteroatoms. The summed E-state index contributed by atoms with van der Waals surface area (Å²) < 4.78 is 0. The Morgan fingerprint density at radius 2 is 2.19 bits per heavy atom. The molecule has 1 amide bonds. The number of nitrogens with two attached hydrogens (primary N) is 1. The largest absolute Gasteiger partial charge is 0.329 e. The average Bonchev–Trinajstić information content (AvgIpc) is 2.75. The fourth-order valence-corrected chi connectivity index (χ4v) is 1.77. The Morgan fingerprint density at radius 1 is 1.50 bits per heavy atom. The van der Waals surface area contributed by atoms with Gasteiger partial charge in [0.1, 0.15) is 5.01 Å². The molecule has 1 heterocycles. The molecule has 0 saturated carbocycles. The molecule has 0 radical (unpaired) electrons. The number of carbonyl (C=O) groups excluding carboxylic acids is 1. The molecule has 1 aromatic heterocycles. The molecule has 16 heavy (non-hydrogen) atoms. The summed E-state index contributed by atoms with van der Waals surface area (Å²) in [7, 11) is 0. The lowest BCUT2D eigenvalue weighted by molar-refractivity contribution is -0.124. The molecule has 0 aliphatic heterocycles. The van der Waals surface area contributed by atoms with Crippen LogP contribution in [0.1, 0.15) is 32.2 Å². The second kappa shape index (κ2) is 5.36. The van der Waals surface area contributed by atoms with Crippen LogP contribution >= 0.6 is 11.3 Å². The highest BCUT2D eigenvalue weighted by Crippen LogP contribution is 2.23. The summed E-state index contributed by atoms with van der Waals surface area (Å²) in [5.74, 6) is -0.0868. The Hall–Kier alpha value is -1.01. The van der Waals surface area contributed by atoms with E-state index >= 15 is 0 Å². The SMILES string of the molecule is CCc1nnc(NC(=O)C(C)(CC)CN)s1. The average molecular weight is 242 g/mol. The van der Waals surface area contributed by atoms with Crippen LogP contribution in [0.3, 0.4) is 0 Å². The fraction of sp³-hybridized carbons (Fsp3) is 0.700. The van der Waals surface area contributed by atoms with Crippen molar-refractivity contribution >= 4 is 22.4 Å². The molecule has 90 valence electrons. The van der Waals surface area contributed by atoms with Gasteiger partial charge in [-0.1, -0.05) is 25.2 Å².